The van der Waals surface area contributed by atoms with Crippen LogP contribution < -0.4 is 0 Å². The van der Waals surface area contributed by atoms with E-state index in [1.165, 1.54) is 4.57 Å². The molecule has 2 aliphatic heterocycles. The summed E-state index contributed by atoms with van der Waals surface area (Å²) < 4.78 is 7.14. The number of aliphatic hydroxyl groups is 1. The van der Waals surface area contributed by atoms with Crippen molar-refractivity contribution in [3.8, 4) is 11.8 Å². The molecule has 100 valence electrons. The van der Waals surface area contributed by atoms with Crippen molar-refractivity contribution in [1.29, 1.82) is 0 Å². The van der Waals surface area contributed by atoms with Crippen LogP contribution in [0.25, 0.3) is 0 Å². The Morgan fingerprint density at radius 1 is 1.17 bits per heavy atom. The molecule has 1 fully saturated rings. The van der Waals surface area contributed by atoms with E-state index in [9.17, 15) is 15.3 Å². The summed E-state index contributed by atoms with van der Waals surface area (Å²) in [5.74, 6) is 0.239. The summed E-state index contributed by atoms with van der Waals surface area (Å²) in [7, 11) is 0. The monoisotopic (exact) mass is 253 g/mol. The minimum Gasteiger partial charge on any atom is -0.494 e. The van der Waals surface area contributed by atoms with E-state index < -0.39 is 0 Å². The minimum atomic E-state index is -0.310. The first kappa shape index (κ1) is 11.9. The third-order valence-electron chi connectivity index (χ3n) is 4.18. The van der Waals surface area contributed by atoms with Crippen LogP contribution in [-0.2, 0) is 4.74 Å². The fourth-order valence-electron chi connectivity index (χ4n) is 3.20. The third kappa shape index (κ3) is 1.34. The quantitative estimate of drug-likeness (QED) is 0.770. The summed E-state index contributed by atoms with van der Waals surface area (Å²) in [6.07, 6.45) is 1.59. The van der Waals surface area contributed by atoms with Crippen molar-refractivity contribution in [1.82, 2.24) is 4.57 Å². The maximum Gasteiger partial charge on any atom is 0.200 e. The van der Waals surface area contributed by atoms with E-state index in [2.05, 4.69) is 0 Å². The first-order chi connectivity index (χ1) is 8.56. The Hall–Kier alpha value is -1.20. The first-order valence-corrected chi connectivity index (χ1v) is 6.48. The van der Waals surface area contributed by atoms with E-state index in [4.69, 9.17) is 4.74 Å². The lowest BCUT2D eigenvalue weighted by Gasteiger charge is -2.22. The van der Waals surface area contributed by atoms with E-state index in [-0.39, 0.29) is 42.5 Å². The van der Waals surface area contributed by atoms with Gasteiger partial charge in [-0.1, -0.05) is 13.8 Å². The molecule has 1 aromatic heterocycles. The van der Waals surface area contributed by atoms with Crippen molar-refractivity contribution < 1.29 is 20.1 Å². The van der Waals surface area contributed by atoms with Crippen molar-refractivity contribution >= 4 is 0 Å². The van der Waals surface area contributed by atoms with Crippen LogP contribution in [0.4, 0.5) is 0 Å². The topological polar surface area (TPSA) is 74.9 Å². The van der Waals surface area contributed by atoms with Gasteiger partial charge in [0.1, 0.15) is 0 Å². The molecule has 1 aromatic rings. The lowest BCUT2D eigenvalue weighted by atomic mass is 9.95. The van der Waals surface area contributed by atoms with E-state index >= 15 is 0 Å². The van der Waals surface area contributed by atoms with Gasteiger partial charge in [-0.3, -0.25) is 4.57 Å². The normalized spacial score (nSPS) is 26.9. The average molecular weight is 253 g/mol. The van der Waals surface area contributed by atoms with Crippen LogP contribution >= 0.6 is 0 Å². The molecule has 3 heterocycles. The number of ether oxygens (including phenoxy) is 1. The van der Waals surface area contributed by atoms with Gasteiger partial charge in [-0.2, -0.15) is 0 Å². The minimum absolute atomic E-state index is 0.0578. The molecule has 0 saturated carbocycles. The molecule has 0 aliphatic carbocycles. The standard InChI is InChI=1S/C13H19NO4/c1-6(2)7(5-15)14-12(16)10-8-3-4-9(18-8)11(10)13(14)17/h6-9,15-17H,3-5H2,1-2H3. The van der Waals surface area contributed by atoms with Crippen LogP contribution in [0, 0.1) is 5.92 Å². The Kier molecular flexibility index (Phi) is 2.57. The van der Waals surface area contributed by atoms with Crippen LogP contribution in [0.2, 0.25) is 0 Å². The van der Waals surface area contributed by atoms with Gasteiger partial charge in [-0.15, -0.1) is 0 Å². The Bertz CT molecular complexity index is 446. The van der Waals surface area contributed by atoms with Gasteiger partial charge in [0.15, 0.2) is 0 Å². The number of aliphatic hydroxyl groups excluding tert-OH is 1. The highest BCUT2D eigenvalue weighted by Crippen LogP contribution is 2.58. The van der Waals surface area contributed by atoms with Gasteiger partial charge in [0.05, 0.1) is 36.0 Å². The Morgan fingerprint density at radius 3 is 2.06 bits per heavy atom. The van der Waals surface area contributed by atoms with Crippen LogP contribution in [-0.4, -0.2) is 26.5 Å². The molecule has 0 aromatic carbocycles. The lowest BCUT2D eigenvalue weighted by molar-refractivity contribution is 0.0663. The molecule has 3 atom stereocenters. The summed E-state index contributed by atoms with van der Waals surface area (Å²) in [4.78, 5) is 0. The van der Waals surface area contributed by atoms with Crippen LogP contribution in [0.1, 0.15) is 56.1 Å². The summed E-state index contributed by atoms with van der Waals surface area (Å²) >= 11 is 0. The number of fused-ring (bicyclic) bond motifs is 5. The van der Waals surface area contributed by atoms with Crippen molar-refractivity contribution in [2.24, 2.45) is 5.92 Å². The van der Waals surface area contributed by atoms with Crippen molar-refractivity contribution in [3.05, 3.63) is 11.1 Å². The molecule has 0 amide bonds. The Balaban J connectivity index is 2.13. The van der Waals surface area contributed by atoms with Gasteiger partial charge in [0.25, 0.3) is 0 Å². The molecule has 2 aliphatic rings. The smallest absolute Gasteiger partial charge is 0.200 e. The van der Waals surface area contributed by atoms with E-state index in [0.717, 1.165) is 24.0 Å². The second-order valence-corrected chi connectivity index (χ2v) is 5.53. The van der Waals surface area contributed by atoms with Crippen LogP contribution in [0.15, 0.2) is 0 Å². The highest BCUT2D eigenvalue weighted by atomic mass is 16.5. The summed E-state index contributed by atoms with van der Waals surface area (Å²) in [5, 5.41) is 30.1. The zero-order chi connectivity index (χ0) is 13.0. The van der Waals surface area contributed by atoms with Crippen LogP contribution in [0.3, 0.4) is 0 Å². The molecular weight excluding hydrogens is 234 g/mol. The van der Waals surface area contributed by atoms with Gasteiger partial charge in [-0.25, -0.2) is 0 Å². The van der Waals surface area contributed by atoms with Crippen molar-refractivity contribution in [2.75, 3.05) is 6.61 Å². The summed E-state index contributed by atoms with van der Waals surface area (Å²) in [6.45, 7) is 3.80. The zero-order valence-electron chi connectivity index (χ0n) is 10.6. The number of nitrogens with zero attached hydrogens (tertiary/aromatic N) is 1. The van der Waals surface area contributed by atoms with Gasteiger partial charge in [0, 0.05) is 0 Å². The molecule has 3 unspecified atom stereocenters. The highest BCUT2D eigenvalue weighted by Gasteiger charge is 2.46. The molecule has 2 bridgehead atoms. The second-order valence-electron chi connectivity index (χ2n) is 5.53. The molecule has 0 radical (unpaired) electrons. The van der Waals surface area contributed by atoms with Gasteiger partial charge in [0.2, 0.25) is 11.8 Å². The fourth-order valence-corrected chi connectivity index (χ4v) is 3.20. The molecule has 3 rings (SSSR count). The van der Waals surface area contributed by atoms with E-state index in [1.807, 2.05) is 13.8 Å². The van der Waals surface area contributed by atoms with E-state index in [0.29, 0.717) is 0 Å². The largest absolute Gasteiger partial charge is 0.494 e. The zero-order valence-corrected chi connectivity index (χ0v) is 10.6. The molecule has 5 heteroatoms. The number of hydrogen-bond donors (Lipinski definition) is 3. The number of hydrogen-bond acceptors (Lipinski definition) is 4. The molecule has 3 N–H and O–H groups in total. The highest BCUT2D eigenvalue weighted by molar-refractivity contribution is 5.52. The van der Waals surface area contributed by atoms with Crippen molar-refractivity contribution in [2.45, 2.75) is 44.9 Å². The third-order valence-corrected chi connectivity index (χ3v) is 4.18. The lowest BCUT2D eigenvalue weighted by Crippen LogP contribution is -2.18. The molecule has 18 heavy (non-hydrogen) atoms. The summed E-state index contributed by atoms with van der Waals surface area (Å²) in [6, 6.07) is -0.310. The maximum absolute atomic E-state index is 10.3. The fraction of sp³-hybridized carbons (Fsp3) is 0.692. The molecular formula is C13H19NO4. The van der Waals surface area contributed by atoms with E-state index in [1.54, 1.807) is 0 Å². The first-order valence-electron chi connectivity index (χ1n) is 6.48. The average Bonchev–Trinajstić information content (AvgIpc) is 2.98. The predicted octanol–water partition coefficient (Wildman–Crippen LogP) is 1.99. The predicted molar refractivity (Wildman–Crippen MR) is 64.5 cm³/mol. The number of aromatic hydroxyl groups is 2. The van der Waals surface area contributed by atoms with Crippen molar-refractivity contribution in [3.63, 3.8) is 0 Å². The molecule has 5 nitrogen and oxygen atoms in total. The Labute approximate surface area is 106 Å². The Morgan fingerprint density at radius 2 is 1.67 bits per heavy atom. The van der Waals surface area contributed by atoms with Gasteiger partial charge < -0.3 is 20.1 Å². The molecule has 1 saturated heterocycles. The maximum atomic E-state index is 10.3. The van der Waals surface area contributed by atoms with Gasteiger partial charge in [-0.05, 0) is 18.8 Å². The number of rotatable bonds is 3. The second kappa shape index (κ2) is 3.90. The molecule has 0 spiro atoms. The summed E-state index contributed by atoms with van der Waals surface area (Å²) in [5.41, 5.74) is 1.45. The number of aromatic nitrogens is 1. The van der Waals surface area contributed by atoms with Gasteiger partial charge >= 0.3 is 0 Å². The SMILES string of the molecule is CC(C)C(CO)n1c(O)c2c(c1O)C1CCC2O1. The van der Waals surface area contributed by atoms with Crippen LogP contribution in [0.5, 0.6) is 11.8 Å².